The first kappa shape index (κ1) is 17.2. The maximum Gasteiger partial charge on any atom is 0.420 e. The van der Waals surface area contributed by atoms with Gasteiger partial charge in [-0.3, -0.25) is 0 Å². The standard InChI is InChI=1S/C17H21F3N2O2/c1-10(2)15-22-13-7-11(8-21-9-16(3)4-5-23-16)6-12(14(13)24-15)17(18,19)20/h6-7,10,21H,4-5,8-9H2,1-3H3/t16-/m0/s1. The van der Waals surface area contributed by atoms with Crippen LogP contribution in [0.2, 0.25) is 0 Å². The van der Waals surface area contributed by atoms with E-state index >= 15 is 0 Å². The van der Waals surface area contributed by atoms with Crippen molar-refractivity contribution in [2.75, 3.05) is 13.2 Å². The van der Waals surface area contributed by atoms with Gasteiger partial charge in [0.1, 0.15) is 11.1 Å². The molecule has 0 spiro atoms. The number of nitrogens with zero attached hydrogens (tertiary/aromatic N) is 1. The molecule has 0 radical (unpaired) electrons. The molecule has 1 saturated heterocycles. The molecule has 2 aromatic rings. The van der Waals surface area contributed by atoms with Gasteiger partial charge in [0.05, 0.1) is 12.2 Å². The third kappa shape index (κ3) is 3.42. The highest BCUT2D eigenvalue weighted by Gasteiger charge is 2.36. The van der Waals surface area contributed by atoms with Gasteiger partial charge >= 0.3 is 6.18 Å². The third-order valence-electron chi connectivity index (χ3n) is 4.28. The maximum atomic E-state index is 13.4. The first-order valence-corrected chi connectivity index (χ1v) is 8.03. The fourth-order valence-corrected chi connectivity index (χ4v) is 2.73. The summed E-state index contributed by atoms with van der Waals surface area (Å²) in [6.07, 6.45) is -3.53. The summed E-state index contributed by atoms with van der Waals surface area (Å²) in [6.45, 7) is 7.31. The van der Waals surface area contributed by atoms with Crippen molar-refractivity contribution < 1.29 is 22.3 Å². The van der Waals surface area contributed by atoms with Crippen molar-refractivity contribution in [1.29, 1.82) is 0 Å². The van der Waals surface area contributed by atoms with Crippen LogP contribution < -0.4 is 5.32 Å². The summed E-state index contributed by atoms with van der Waals surface area (Å²) >= 11 is 0. The third-order valence-corrected chi connectivity index (χ3v) is 4.28. The van der Waals surface area contributed by atoms with Crippen LogP contribution in [0.25, 0.3) is 11.1 Å². The van der Waals surface area contributed by atoms with Crippen molar-refractivity contribution in [1.82, 2.24) is 10.3 Å². The van der Waals surface area contributed by atoms with Crippen LogP contribution in [0.3, 0.4) is 0 Å². The molecule has 1 fully saturated rings. The molecule has 1 aliphatic heterocycles. The molecule has 0 aliphatic carbocycles. The molecule has 0 bridgehead atoms. The predicted octanol–water partition coefficient (Wildman–Crippen LogP) is 4.24. The molecule has 0 amide bonds. The van der Waals surface area contributed by atoms with Crippen molar-refractivity contribution in [3.63, 3.8) is 0 Å². The van der Waals surface area contributed by atoms with Crippen molar-refractivity contribution in [2.24, 2.45) is 0 Å². The Balaban J connectivity index is 1.87. The molecule has 0 saturated carbocycles. The van der Waals surface area contributed by atoms with Gasteiger partial charge in [-0.1, -0.05) is 13.8 Å². The summed E-state index contributed by atoms with van der Waals surface area (Å²) in [7, 11) is 0. The quantitative estimate of drug-likeness (QED) is 0.883. The van der Waals surface area contributed by atoms with Crippen LogP contribution in [0.1, 0.15) is 50.1 Å². The Bertz CT molecular complexity index is 733. The summed E-state index contributed by atoms with van der Waals surface area (Å²) in [6, 6.07) is 2.78. The zero-order valence-corrected chi connectivity index (χ0v) is 14.0. The largest absolute Gasteiger partial charge is 0.440 e. The number of benzene rings is 1. The monoisotopic (exact) mass is 342 g/mol. The molecule has 4 nitrogen and oxygen atoms in total. The molecular formula is C17H21F3N2O2. The fraction of sp³-hybridized carbons (Fsp3) is 0.588. The average molecular weight is 342 g/mol. The average Bonchev–Trinajstić information content (AvgIpc) is 2.87. The number of hydrogen-bond acceptors (Lipinski definition) is 4. The summed E-state index contributed by atoms with van der Waals surface area (Å²) < 4.78 is 50.9. The Kier molecular flexibility index (Phi) is 4.34. The van der Waals surface area contributed by atoms with Crippen molar-refractivity contribution >= 4 is 11.1 Å². The zero-order chi connectivity index (χ0) is 17.5. The second kappa shape index (κ2) is 6.04. The van der Waals surface area contributed by atoms with Crippen LogP contribution in [-0.2, 0) is 17.5 Å². The van der Waals surface area contributed by atoms with Crippen LogP contribution in [-0.4, -0.2) is 23.7 Å². The van der Waals surface area contributed by atoms with Gasteiger partial charge in [-0.2, -0.15) is 13.2 Å². The zero-order valence-electron chi connectivity index (χ0n) is 14.0. The van der Waals surface area contributed by atoms with E-state index in [1.54, 1.807) is 6.07 Å². The number of ether oxygens (including phenoxy) is 1. The molecule has 1 N–H and O–H groups in total. The number of nitrogens with one attached hydrogen (secondary N) is 1. The Morgan fingerprint density at radius 1 is 1.33 bits per heavy atom. The number of oxazole rings is 1. The van der Waals surface area contributed by atoms with Crippen molar-refractivity contribution in [2.45, 2.75) is 51.4 Å². The smallest absolute Gasteiger partial charge is 0.420 e. The first-order valence-electron chi connectivity index (χ1n) is 8.03. The van der Waals surface area contributed by atoms with Crippen LogP contribution in [0, 0.1) is 0 Å². The molecular weight excluding hydrogens is 321 g/mol. The van der Waals surface area contributed by atoms with E-state index in [-0.39, 0.29) is 22.6 Å². The maximum absolute atomic E-state index is 13.4. The van der Waals surface area contributed by atoms with Gasteiger partial charge in [-0.05, 0) is 24.6 Å². The normalized spacial score (nSPS) is 21.5. The number of aromatic nitrogens is 1. The second-order valence-corrected chi connectivity index (χ2v) is 6.85. The lowest BCUT2D eigenvalue weighted by atomic mass is 9.97. The molecule has 2 heterocycles. The predicted molar refractivity (Wildman–Crippen MR) is 83.8 cm³/mol. The SMILES string of the molecule is CC(C)c1nc2cc(CNC[C@]3(C)CCO3)cc(C(F)(F)F)c2o1. The van der Waals surface area contributed by atoms with Gasteiger partial charge in [-0.25, -0.2) is 4.98 Å². The summed E-state index contributed by atoms with van der Waals surface area (Å²) in [4.78, 5) is 4.21. The molecule has 7 heteroatoms. The minimum absolute atomic E-state index is 0.0734. The first-order chi connectivity index (χ1) is 11.2. The van der Waals surface area contributed by atoms with Gasteiger partial charge in [0.15, 0.2) is 11.5 Å². The number of halogens is 3. The highest BCUT2D eigenvalue weighted by molar-refractivity contribution is 5.78. The van der Waals surface area contributed by atoms with Gasteiger partial charge in [0, 0.05) is 25.4 Å². The minimum Gasteiger partial charge on any atom is -0.440 e. The van der Waals surface area contributed by atoms with Gasteiger partial charge in [0.2, 0.25) is 0 Å². The molecule has 1 atom stereocenters. The molecule has 1 aliphatic rings. The van der Waals surface area contributed by atoms with E-state index in [1.165, 1.54) is 0 Å². The van der Waals surface area contributed by atoms with E-state index in [9.17, 15) is 13.2 Å². The molecule has 0 unspecified atom stereocenters. The van der Waals surface area contributed by atoms with E-state index < -0.39 is 11.7 Å². The van der Waals surface area contributed by atoms with Crippen molar-refractivity contribution in [3.8, 4) is 0 Å². The van der Waals surface area contributed by atoms with Gasteiger partial charge < -0.3 is 14.5 Å². The highest BCUT2D eigenvalue weighted by Crippen LogP contribution is 2.37. The van der Waals surface area contributed by atoms with Crippen LogP contribution in [0.4, 0.5) is 13.2 Å². The number of hydrogen-bond donors (Lipinski definition) is 1. The minimum atomic E-state index is -4.48. The molecule has 3 rings (SSSR count). The molecule has 132 valence electrons. The lowest BCUT2D eigenvalue weighted by molar-refractivity contribution is -0.137. The summed E-state index contributed by atoms with van der Waals surface area (Å²) in [5, 5.41) is 3.17. The van der Waals surface area contributed by atoms with E-state index in [0.29, 0.717) is 24.5 Å². The molecule has 24 heavy (non-hydrogen) atoms. The van der Waals surface area contributed by atoms with E-state index in [1.807, 2.05) is 20.8 Å². The topological polar surface area (TPSA) is 47.3 Å². The fourth-order valence-electron chi connectivity index (χ4n) is 2.73. The number of fused-ring (bicyclic) bond motifs is 1. The Hall–Kier alpha value is -1.60. The lowest BCUT2D eigenvalue weighted by Crippen LogP contribution is -2.48. The van der Waals surface area contributed by atoms with Crippen LogP contribution in [0.15, 0.2) is 16.5 Å². The number of alkyl halides is 3. The number of rotatable bonds is 5. The van der Waals surface area contributed by atoms with Gasteiger partial charge in [-0.15, -0.1) is 0 Å². The van der Waals surface area contributed by atoms with Crippen molar-refractivity contribution in [3.05, 3.63) is 29.2 Å². The Morgan fingerprint density at radius 3 is 2.58 bits per heavy atom. The lowest BCUT2D eigenvalue weighted by Gasteiger charge is -2.38. The second-order valence-electron chi connectivity index (χ2n) is 6.85. The summed E-state index contributed by atoms with van der Waals surface area (Å²) in [5.41, 5.74) is -0.403. The van der Waals surface area contributed by atoms with E-state index in [0.717, 1.165) is 19.1 Å². The Morgan fingerprint density at radius 2 is 2.04 bits per heavy atom. The van der Waals surface area contributed by atoms with Crippen LogP contribution in [0.5, 0.6) is 0 Å². The Labute approximate surface area is 138 Å². The van der Waals surface area contributed by atoms with Crippen LogP contribution >= 0.6 is 0 Å². The summed E-state index contributed by atoms with van der Waals surface area (Å²) in [5.74, 6) is 0.242. The highest BCUT2D eigenvalue weighted by atomic mass is 19.4. The van der Waals surface area contributed by atoms with Gasteiger partial charge in [0.25, 0.3) is 0 Å². The van der Waals surface area contributed by atoms with E-state index in [2.05, 4.69) is 10.3 Å². The molecule has 1 aromatic heterocycles. The van der Waals surface area contributed by atoms with E-state index in [4.69, 9.17) is 9.15 Å². The molecule has 1 aromatic carbocycles.